The van der Waals surface area contributed by atoms with Crippen LogP contribution in [0.3, 0.4) is 0 Å². The second kappa shape index (κ2) is 5.34. The van der Waals surface area contributed by atoms with Gasteiger partial charge in [0.05, 0.1) is 5.41 Å². The van der Waals surface area contributed by atoms with E-state index in [1.807, 2.05) is 25.1 Å². The predicted molar refractivity (Wildman–Crippen MR) is 76.8 cm³/mol. The summed E-state index contributed by atoms with van der Waals surface area (Å²) in [6.07, 6.45) is 1.85. The molecule has 2 aromatic rings. The van der Waals surface area contributed by atoms with E-state index in [9.17, 15) is 0 Å². The van der Waals surface area contributed by atoms with Gasteiger partial charge in [-0.3, -0.25) is 0 Å². The summed E-state index contributed by atoms with van der Waals surface area (Å²) in [6.45, 7) is 6.17. The molecule has 1 aromatic heterocycles. The molecule has 0 saturated carbocycles. The number of hydrogen-bond donors (Lipinski definition) is 1. The van der Waals surface area contributed by atoms with E-state index in [-0.39, 0.29) is 5.41 Å². The van der Waals surface area contributed by atoms with Gasteiger partial charge in [0, 0.05) is 0 Å². The molecule has 4 nitrogen and oxygen atoms in total. The van der Waals surface area contributed by atoms with Gasteiger partial charge in [0.15, 0.2) is 0 Å². The standard InChI is InChI=1S/C15H20N4/c1-4-15(5-2,12-9-7-6-8-10-12)13-17-11(3)18-14(16)19-13/h6-10H,4-5H2,1-3H3,(H2,16,17,18,19). The molecular weight excluding hydrogens is 236 g/mol. The van der Waals surface area contributed by atoms with Crippen LogP contribution in [-0.4, -0.2) is 15.0 Å². The van der Waals surface area contributed by atoms with Crippen LogP contribution in [0.15, 0.2) is 30.3 Å². The van der Waals surface area contributed by atoms with Gasteiger partial charge >= 0.3 is 0 Å². The molecule has 0 saturated heterocycles. The Hall–Kier alpha value is -1.97. The number of rotatable bonds is 4. The Labute approximate surface area is 114 Å². The molecule has 0 aliphatic rings. The van der Waals surface area contributed by atoms with Gasteiger partial charge in [0.1, 0.15) is 11.6 Å². The van der Waals surface area contributed by atoms with E-state index in [1.54, 1.807) is 0 Å². The third-order valence-electron chi connectivity index (χ3n) is 3.73. The molecule has 0 radical (unpaired) electrons. The molecule has 100 valence electrons. The van der Waals surface area contributed by atoms with Crippen molar-refractivity contribution < 1.29 is 0 Å². The first-order chi connectivity index (χ1) is 9.12. The largest absolute Gasteiger partial charge is 0.368 e. The van der Waals surface area contributed by atoms with Crippen LogP contribution in [0, 0.1) is 6.92 Å². The fourth-order valence-corrected chi connectivity index (χ4v) is 2.58. The number of aromatic nitrogens is 3. The van der Waals surface area contributed by atoms with Crippen molar-refractivity contribution in [2.24, 2.45) is 0 Å². The number of nitrogen functional groups attached to an aromatic ring is 1. The molecule has 2 N–H and O–H groups in total. The Balaban J connectivity index is 2.62. The van der Waals surface area contributed by atoms with E-state index < -0.39 is 0 Å². The van der Waals surface area contributed by atoms with Crippen molar-refractivity contribution in [3.8, 4) is 0 Å². The van der Waals surface area contributed by atoms with Crippen LogP contribution in [-0.2, 0) is 5.41 Å². The summed E-state index contributed by atoms with van der Waals surface area (Å²) in [4.78, 5) is 13.0. The second-order valence-corrected chi connectivity index (χ2v) is 4.72. The highest BCUT2D eigenvalue weighted by molar-refractivity contribution is 5.34. The Morgan fingerprint density at radius 3 is 2.16 bits per heavy atom. The van der Waals surface area contributed by atoms with Crippen molar-refractivity contribution >= 4 is 5.95 Å². The van der Waals surface area contributed by atoms with E-state index in [2.05, 4.69) is 40.9 Å². The quantitative estimate of drug-likeness (QED) is 0.913. The maximum atomic E-state index is 5.78. The molecule has 0 unspecified atom stereocenters. The summed E-state index contributed by atoms with van der Waals surface area (Å²) in [6, 6.07) is 10.4. The number of aryl methyl sites for hydroxylation is 1. The molecule has 19 heavy (non-hydrogen) atoms. The van der Waals surface area contributed by atoms with Gasteiger partial charge in [-0.05, 0) is 25.3 Å². The smallest absolute Gasteiger partial charge is 0.223 e. The van der Waals surface area contributed by atoms with Crippen LogP contribution in [0.1, 0.15) is 43.9 Å². The zero-order chi connectivity index (χ0) is 13.9. The summed E-state index contributed by atoms with van der Waals surface area (Å²) in [5.41, 5.74) is 6.82. The SMILES string of the molecule is CCC(CC)(c1ccccc1)c1nc(C)nc(N)n1. The van der Waals surface area contributed by atoms with E-state index in [0.717, 1.165) is 18.7 Å². The molecule has 0 aliphatic heterocycles. The molecular formula is C15H20N4. The molecule has 2 rings (SSSR count). The molecule has 0 bridgehead atoms. The van der Waals surface area contributed by atoms with Gasteiger partial charge in [0.25, 0.3) is 0 Å². The van der Waals surface area contributed by atoms with Crippen molar-refractivity contribution in [2.75, 3.05) is 5.73 Å². The van der Waals surface area contributed by atoms with Crippen molar-refractivity contribution in [1.82, 2.24) is 15.0 Å². The first kappa shape index (κ1) is 13.5. The van der Waals surface area contributed by atoms with Crippen molar-refractivity contribution in [3.63, 3.8) is 0 Å². The van der Waals surface area contributed by atoms with Crippen molar-refractivity contribution in [2.45, 2.75) is 39.0 Å². The van der Waals surface area contributed by atoms with Crippen molar-refractivity contribution in [3.05, 3.63) is 47.5 Å². The minimum absolute atomic E-state index is 0.191. The molecule has 1 heterocycles. The highest BCUT2D eigenvalue weighted by atomic mass is 15.1. The predicted octanol–water partition coefficient (Wildman–Crippen LogP) is 2.87. The lowest BCUT2D eigenvalue weighted by Gasteiger charge is -2.30. The minimum Gasteiger partial charge on any atom is -0.368 e. The van der Waals surface area contributed by atoms with Crippen LogP contribution < -0.4 is 5.73 Å². The first-order valence-electron chi connectivity index (χ1n) is 6.66. The molecule has 0 atom stereocenters. The summed E-state index contributed by atoms with van der Waals surface area (Å²) < 4.78 is 0. The Kier molecular flexibility index (Phi) is 3.79. The fraction of sp³-hybridized carbons (Fsp3) is 0.400. The van der Waals surface area contributed by atoms with Gasteiger partial charge in [-0.1, -0.05) is 44.2 Å². The highest BCUT2D eigenvalue weighted by Crippen LogP contribution is 2.36. The summed E-state index contributed by atoms with van der Waals surface area (Å²) in [5.74, 6) is 1.74. The van der Waals surface area contributed by atoms with Crippen LogP contribution in [0.4, 0.5) is 5.95 Å². The molecule has 4 heteroatoms. The van der Waals surface area contributed by atoms with Crippen LogP contribution in [0.2, 0.25) is 0 Å². The van der Waals surface area contributed by atoms with E-state index >= 15 is 0 Å². The molecule has 0 amide bonds. The maximum Gasteiger partial charge on any atom is 0.223 e. The van der Waals surface area contributed by atoms with E-state index in [1.165, 1.54) is 5.56 Å². The zero-order valence-corrected chi connectivity index (χ0v) is 11.7. The van der Waals surface area contributed by atoms with Crippen LogP contribution >= 0.6 is 0 Å². The molecule has 1 aromatic carbocycles. The van der Waals surface area contributed by atoms with Gasteiger partial charge in [0.2, 0.25) is 5.95 Å². The second-order valence-electron chi connectivity index (χ2n) is 4.72. The van der Waals surface area contributed by atoms with Gasteiger partial charge in [-0.25, -0.2) is 4.98 Å². The minimum atomic E-state index is -0.191. The lowest BCUT2D eigenvalue weighted by molar-refractivity contribution is 0.446. The lowest BCUT2D eigenvalue weighted by atomic mass is 9.75. The summed E-state index contributed by atoms with van der Waals surface area (Å²) >= 11 is 0. The van der Waals surface area contributed by atoms with Gasteiger partial charge in [-0.15, -0.1) is 0 Å². The van der Waals surface area contributed by atoms with E-state index in [4.69, 9.17) is 5.73 Å². The third kappa shape index (κ3) is 2.43. The molecule has 0 aliphatic carbocycles. The van der Waals surface area contributed by atoms with Crippen molar-refractivity contribution in [1.29, 1.82) is 0 Å². The molecule has 0 fully saturated rings. The maximum absolute atomic E-state index is 5.78. The highest BCUT2D eigenvalue weighted by Gasteiger charge is 2.34. The number of anilines is 1. The normalized spacial score (nSPS) is 11.5. The average molecular weight is 256 g/mol. The number of hydrogen-bond acceptors (Lipinski definition) is 4. The third-order valence-corrected chi connectivity index (χ3v) is 3.73. The van der Waals surface area contributed by atoms with Crippen LogP contribution in [0.5, 0.6) is 0 Å². The molecule has 0 spiro atoms. The average Bonchev–Trinajstić information content (AvgIpc) is 2.41. The number of nitrogens with two attached hydrogens (primary N) is 1. The monoisotopic (exact) mass is 256 g/mol. The zero-order valence-electron chi connectivity index (χ0n) is 11.7. The lowest BCUT2D eigenvalue weighted by Crippen LogP contribution is -2.29. The summed E-state index contributed by atoms with van der Waals surface area (Å²) in [7, 11) is 0. The number of nitrogens with zero attached hydrogens (tertiary/aromatic N) is 3. The first-order valence-corrected chi connectivity index (χ1v) is 6.66. The van der Waals surface area contributed by atoms with Gasteiger partial charge in [-0.2, -0.15) is 9.97 Å². The Bertz CT molecular complexity index is 527. The fourth-order valence-electron chi connectivity index (χ4n) is 2.58. The van der Waals surface area contributed by atoms with Gasteiger partial charge < -0.3 is 5.73 Å². The Morgan fingerprint density at radius 2 is 1.63 bits per heavy atom. The van der Waals surface area contributed by atoms with E-state index in [0.29, 0.717) is 11.8 Å². The topological polar surface area (TPSA) is 64.7 Å². The van der Waals surface area contributed by atoms with Crippen LogP contribution in [0.25, 0.3) is 0 Å². The number of benzene rings is 1. The Morgan fingerprint density at radius 1 is 1.00 bits per heavy atom. The summed E-state index contributed by atoms with van der Waals surface area (Å²) in [5, 5.41) is 0.